The van der Waals surface area contributed by atoms with Gasteiger partial charge in [-0.3, -0.25) is 4.90 Å². The van der Waals surface area contributed by atoms with Crippen molar-refractivity contribution in [3.05, 3.63) is 0 Å². The lowest BCUT2D eigenvalue weighted by molar-refractivity contribution is 0.0230. The van der Waals surface area contributed by atoms with Gasteiger partial charge in [0.1, 0.15) is 0 Å². The van der Waals surface area contributed by atoms with E-state index in [9.17, 15) is 5.11 Å². The fourth-order valence-corrected chi connectivity index (χ4v) is 5.25. The van der Waals surface area contributed by atoms with Crippen LogP contribution in [0.1, 0.15) is 71.1 Å². The molecule has 2 aliphatic carbocycles. The van der Waals surface area contributed by atoms with Crippen LogP contribution in [0.2, 0.25) is 0 Å². The van der Waals surface area contributed by atoms with Crippen LogP contribution in [0.4, 0.5) is 0 Å². The highest BCUT2D eigenvalue weighted by Crippen LogP contribution is 2.41. The summed E-state index contributed by atoms with van der Waals surface area (Å²) < 4.78 is 0. The quantitative estimate of drug-likeness (QED) is 0.818. The number of fused-ring (bicyclic) bond motifs is 1. The number of piperidine rings is 1. The predicted molar refractivity (Wildman–Crippen MR) is 87.4 cm³/mol. The lowest BCUT2D eigenvalue weighted by atomic mass is 9.77. The Hall–Kier alpha value is -0.120. The highest BCUT2D eigenvalue weighted by Gasteiger charge is 2.44. The van der Waals surface area contributed by atoms with Crippen LogP contribution in [0, 0.1) is 5.92 Å². The summed E-state index contributed by atoms with van der Waals surface area (Å²) in [5.74, 6) is 0.972. The van der Waals surface area contributed by atoms with Gasteiger partial charge in [-0.2, -0.15) is 0 Å². The summed E-state index contributed by atoms with van der Waals surface area (Å²) in [5.41, 5.74) is 0.0162. The van der Waals surface area contributed by atoms with Gasteiger partial charge in [-0.25, -0.2) is 0 Å². The Bertz CT molecular complexity index is 333. The molecular weight excluding hydrogens is 260 g/mol. The van der Waals surface area contributed by atoms with Crippen LogP contribution in [0.25, 0.3) is 0 Å². The molecule has 0 aromatic carbocycles. The predicted octanol–water partition coefficient (Wildman–Crippen LogP) is 2.92. The van der Waals surface area contributed by atoms with Gasteiger partial charge in [0.2, 0.25) is 0 Å². The highest BCUT2D eigenvalue weighted by atomic mass is 16.3. The summed E-state index contributed by atoms with van der Waals surface area (Å²) >= 11 is 0. The van der Waals surface area contributed by atoms with Crippen LogP contribution in [0.5, 0.6) is 0 Å². The van der Waals surface area contributed by atoms with Crippen LogP contribution >= 0.6 is 0 Å². The summed E-state index contributed by atoms with van der Waals surface area (Å²) in [6.07, 6.45) is 13.4. The zero-order valence-electron chi connectivity index (χ0n) is 13.8. The van der Waals surface area contributed by atoms with Gasteiger partial charge in [0.25, 0.3) is 0 Å². The topological polar surface area (TPSA) is 35.5 Å². The van der Waals surface area contributed by atoms with Gasteiger partial charge in [0.05, 0.1) is 6.61 Å². The van der Waals surface area contributed by atoms with Crippen molar-refractivity contribution in [3.63, 3.8) is 0 Å². The van der Waals surface area contributed by atoms with E-state index in [0.717, 1.165) is 37.8 Å². The van der Waals surface area contributed by atoms with Gasteiger partial charge in [0.15, 0.2) is 0 Å². The molecule has 3 fully saturated rings. The van der Waals surface area contributed by atoms with Crippen LogP contribution < -0.4 is 5.32 Å². The Morgan fingerprint density at radius 2 is 1.95 bits per heavy atom. The summed E-state index contributed by atoms with van der Waals surface area (Å²) in [7, 11) is 0. The monoisotopic (exact) mass is 294 g/mol. The Kier molecular flexibility index (Phi) is 5.23. The molecule has 2 saturated carbocycles. The number of rotatable bonds is 5. The standard InChI is InChI=1S/C18H34N2O/c1-2-11-19-18(14-21)10-9-16(13-18)20-12-5-7-15-6-3-4-8-17(15)20/h15-17,19,21H,2-14H2,1H3/t15-,16?,17-,18?/m1/s1. The Labute approximate surface area is 130 Å². The molecule has 1 heterocycles. The maximum Gasteiger partial charge on any atom is 0.0613 e. The third-order valence-corrected chi connectivity index (χ3v) is 6.39. The smallest absolute Gasteiger partial charge is 0.0613 e. The second-order valence-corrected chi connectivity index (χ2v) is 7.75. The van der Waals surface area contributed by atoms with Gasteiger partial charge in [-0.05, 0) is 70.4 Å². The number of hydrogen-bond donors (Lipinski definition) is 2. The van der Waals surface area contributed by atoms with E-state index in [-0.39, 0.29) is 5.54 Å². The van der Waals surface area contributed by atoms with Crippen molar-refractivity contribution < 1.29 is 5.11 Å². The first-order chi connectivity index (χ1) is 10.3. The summed E-state index contributed by atoms with van der Waals surface area (Å²) in [6, 6.07) is 1.57. The number of hydrogen-bond acceptors (Lipinski definition) is 3. The van der Waals surface area contributed by atoms with Crippen molar-refractivity contribution >= 4 is 0 Å². The number of nitrogens with zero attached hydrogens (tertiary/aromatic N) is 1. The number of nitrogens with one attached hydrogen (secondary N) is 1. The molecule has 1 aliphatic heterocycles. The SMILES string of the molecule is CCCNC1(CO)CCC(N2CCC[C@H]3CCCC[C@H]32)C1. The van der Waals surface area contributed by atoms with Gasteiger partial charge in [-0.15, -0.1) is 0 Å². The molecule has 0 spiro atoms. The first-order valence-corrected chi connectivity index (χ1v) is 9.39. The van der Waals surface area contributed by atoms with Crippen molar-refractivity contribution in [2.45, 2.75) is 88.8 Å². The minimum atomic E-state index is 0.0162. The van der Waals surface area contributed by atoms with Crippen LogP contribution in [0.15, 0.2) is 0 Å². The van der Waals surface area contributed by atoms with E-state index in [0.29, 0.717) is 12.6 Å². The molecule has 0 amide bonds. The lowest BCUT2D eigenvalue weighted by Crippen LogP contribution is -2.53. The highest BCUT2D eigenvalue weighted by molar-refractivity contribution is 5.02. The molecule has 122 valence electrons. The fraction of sp³-hybridized carbons (Fsp3) is 1.00. The van der Waals surface area contributed by atoms with Crippen molar-refractivity contribution in [1.82, 2.24) is 10.2 Å². The Morgan fingerprint density at radius 1 is 1.14 bits per heavy atom. The van der Waals surface area contributed by atoms with E-state index in [1.54, 1.807) is 0 Å². The van der Waals surface area contributed by atoms with Crippen molar-refractivity contribution in [3.8, 4) is 0 Å². The average molecular weight is 294 g/mol. The van der Waals surface area contributed by atoms with Gasteiger partial charge >= 0.3 is 0 Å². The third kappa shape index (κ3) is 3.30. The maximum absolute atomic E-state index is 9.91. The summed E-state index contributed by atoms with van der Waals surface area (Å²) in [6.45, 7) is 4.87. The molecule has 0 aromatic rings. The minimum Gasteiger partial charge on any atom is -0.394 e. The Balaban J connectivity index is 1.64. The van der Waals surface area contributed by atoms with Crippen LogP contribution in [-0.4, -0.2) is 47.3 Å². The number of aliphatic hydroxyl groups excluding tert-OH is 1. The summed E-state index contributed by atoms with van der Waals surface area (Å²) in [5, 5.41) is 13.6. The van der Waals surface area contributed by atoms with Gasteiger partial charge < -0.3 is 10.4 Å². The van der Waals surface area contributed by atoms with E-state index in [1.165, 1.54) is 51.5 Å². The van der Waals surface area contributed by atoms with Crippen LogP contribution in [0.3, 0.4) is 0 Å². The molecular formula is C18H34N2O. The van der Waals surface area contributed by atoms with Gasteiger partial charge in [0, 0.05) is 17.6 Å². The van der Waals surface area contributed by atoms with Crippen molar-refractivity contribution in [2.24, 2.45) is 5.92 Å². The molecule has 21 heavy (non-hydrogen) atoms. The Morgan fingerprint density at radius 3 is 2.76 bits per heavy atom. The molecule has 2 N–H and O–H groups in total. The minimum absolute atomic E-state index is 0.0162. The van der Waals surface area contributed by atoms with E-state index >= 15 is 0 Å². The number of aliphatic hydroxyl groups is 1. The second-order valence-electron chi connectivity index (χ2n) is 7.75. The third-order valence-electron chi connectivity index (χ3n) is 6.39. The lowest BCUT2D eigenvalue weighted by Gasteiger charge is -2.47. The molecule has 1 saturated heterocycles. The molecule has 3 nitrogen and oxygen atoms in total. The van der Waals surface area contributed by atoms with Crippen LogP contribution in [-0.2, 0) is 0 Å². The molecule has 3 heteroatoms. The van der Waals surface area contributed by atoms with E-state index in [4.69, 9.17) is 0 Å². The zero-order valence-corrected chi connectivity index (χ0v) is 13.8. The molecule has 4 atom stereocenters. The molecule has 0 radical (unpaired) electrons. The van der Waals surface area contributed by atoms with Crippen molar-refractivity contribution in [1.29, 1.82) is 0 Å². The summed E-state index contributed by atoms with van der Waals surface area (Å²) in [4.78, 5) is 2.86. The average Bonchev–Trinajstić information content (AvgIpc) is 2.97. The largest absolute Gasteiger partial charge is 0.394 e. The van der Waals surface area contributed by atoms with E-state index in [1.807, 2.05) is 0 Å². The molecule has 2 unspecified atom stereocenters. The molecule has 3 rings (SSSR count). The zero-order chi connectivity index (χ0) is 14.7. The fourth-order valence-electron chi connectivity index (χ4n) is 5.25. The van der Waals surface area contributed by atoms with E-state index < -0.39 is 0 Å². The second kappa shape index (κ2) is 6.97. The number of likely N-dealkylation sites (tertiary alicyclic amines) is 1. The van der Waals surface area contributed by atoms with Gasteiger partial charge in [-0.1, -0.05) is 19.8 Å². The normalized spacial score (nSPS) is 41.1. The molecule has 0 bridgehead atoms. The first kappa shape index (κ1) is 15.8. The molecule has 0 aromatic heterocycles. The van der Waals surface area contributed by atoms with Crippen molar-refractivity contribution in [2.75, 3.05) is 19.7 Å². The molecule has 3 aliphatic rings. The maximum atomic E-state index is 9.91. The first-order valence-electron chi connectivity index (χ1n) is 9.39. The van der Waals surface area contributed by atoms with E-state index in [2.05, 4.69) is 17.1 Å².